The molecule has 0 radical (unpaired) electrons. The number of hydrogen-bond donors (Lipinski definition) is 0. The van der Waals surface area contributed by atoms with E-state index in [1.165, 1.54) is 5.19 Å². The number of benzene rings is 1. The molecule has 0 unspecified atom stereocenters. The molecule has 0 N–H and O–H groups in total. The maximum atomic E-state index is 6.22. The van der Waals surface area contributed by atoms with Gasteiger partial charge in [-0.15, -0.1) is 0 Å². The van der Waals surface area contributed by atoms with Crippen LogP contribution in [0.2, 0.25) is 0 Å². The Morgan fingerprint density at radius 1 is 0.688 bits per heavy atom. The molecule has 1 aromatic rings. The fourth-order valence-electron chi connectivity index (χ4n) is 3.80. The van der Waals surface area contributed by atoms with Gasteiger partial charge in [0.05, 0.1) is 0 Å². The van der Waals surface area contributed by atoms with Gasteiger partial charge in [0.25, 0.3) is 0 Å². The summed E-state index contributed by atoms with van der Waals surface area (Å²) in [5, 5.41) is 2.72. The van der Waals surface area contributed by atoms with Crippen molar-refractivity contribution in [1.29, 1.82) is 0 Å². The van der Waals surface area contributed by atoms with E-state index < -0.39 is 17.6 Å². The van der Waals surface area contributed by atoms with Gasteiger partial charge in [0, 0.05) is 66.2 Å². The maximum Gasteiger partial charge on any atom is 0.533 e. The molecule has 0 amide bonds. The molecule has 0 aliphatic rings. The van der Waals surface area contributed by atoms with Gasteiger partial charge in [-0.05, 0) is 47.1 Å². The SMILES string of the molecule is C=C(C(C(=C)[Si](OCC)(OCC)OCC)c1ccccc1[SiH3])[Si](OCC)(OCC)OCC. The highest BCUT2D eigenvalue weighted by Crippen LogP contribution is 2.41. The number of hydrogen-bond acceptors (Lipinski definition) is 6. The second kappa shape index (κ2) is 14.4. The van der Waals surface area contributed by atoms with Gasteiger partial charge in [0.2, 0.25) is 0 Å². The van der Waals surface area contributed by atoms with E-state index in [1.54, 1.807) is 0 Å². The minimum Gasteiger partial charge on any atom is -0.370 e. The molecule has 0 saturated heterocycles. The van der Waals surface area contributed by atoms with E-state index >= 15 is 0 Å². The molecule has 0 fully saturated rings. The van der Waals surface area contributed by atoms with Crippen molar-refractivity contribution in [3.63, 3.8) is 0 Å². The third-order valence-corrected chi connectivity index (χ3v) is 12.1. The highest BCUT2D eigenvalue weighted by molar-refractivity contribution is 6.72. The Bertz CT molecular complexity index is 655. The summed E-state index contributed by atoms with van der Waals surface area (Å²) in [6.07, 6.45) is 0. The van der Waals surface area contributed by atoms with Crippen molar-refractivity contribution in [3.05, 3.63) is 53.4 Å². The summed E-state index contributed by atoms with van der Waals surface area (Å²) in [7, 11) is -5.67. The van der Waals surface area contributed by atoms with E-state index in [2.05, 4.69) is 25.3 Å². The van der Waals surface area contributed by atoms with Crippen LogP contribution in [-0.4, -0.2) is 67.5 Å². The molecule has 0 saturated carbocycles. The fourth-order valence-corrected chi connectivity index (χ4v) is 9.85. The average molecular weight is 499 g/mol. The molecule has 0 heterocycles. The van der Waals surface area contributed by atoms with Gasteiger partial charge < -0.3 is 26.6 Å². The zero-order chi connectivity index (χ0) is 24.2. The Balaban J connectivity index is 3.76. The molecule has 9 heteroatoms. The predicted octanol–water partition coefficient (Wildman–Crippen LogP) is 3.05. The summed E-state index contributed by atoms with van der Waals surface area (Å²) >= 11 is 0. The Labute approximate surface area is 200 Å². The van der Waals surface area contributed by atoms with Crippen molar-refractivity contribution in [1.82, 2.24) is 0 Å². The van der Waals surface area contributed by atoms with E-state index in [1.807, 2.05) is 53.7 Å². The Morgan fingerprint density at radius 3 is 1.28 bits per heavy atom. The maximum absolute atomic E-state index is 6.22. The number of allylic oxidation sites excluding steroid dienone is 2. The molecule has 1 aromatic carbocycles. The van der Waals surface area contributed by atoms with E-state index in [9.17, 15) is 0 Å². The van der Waals surface area contributed by atoms with Crippen molar-refractivity contribution >= 4 is 33.0 Å². The van der Waals surface area contributed by atoms with Crippen LogP contribution in [0.3, 0.4) is 0 Å². The normalized spacial score (nSPS) is 12.5. The van der Waals surface area contributed by atoms with Crippen LogP contribution >= 0.6 is 0 Å². The lowest BCUT2D eigenvalue weighted by Gasteiger charge is -2.39. The molecule has 0 atom stereocenters. The van der Waals surface area contributed by atoms with Crippen molar-refractivity contribution < 1.29 is 26.6 Å². The second-order valence-electron chi connectivity index (χ2n) is 7.05. The van der Waals surface area contributed by atoms with Gasteiger partial charge in [-0.2, -0.15) is 0 Å². The molecule has 0 aromatic heterocycles. The van der Waals surface area contributed by atoms with Crippen molar-refractivity contribution in [2.45, 2.75) is 47.5 Å². The van der Waals surface area contributed by atoms with E-state index in [4.69, 9.17) is 26.6 Å². The summed E-state index contributed by atoms with van der Waals surface area (Å²) in [6.45, 7) is 23.4. The summed E-state index contributed by atoms with van der Waals surface area (Å²) < 4.78 is 37.3. The second-order valence-corrected chi connectivity index (χ2v) is 13.4. The lowest BCUT2D eigenvalue weighted by molar-refractivity contribution is 0.0758. The zero-order valence-electron chi connectivity index (χ0n) is 21.0. The minimum atomic E-state index is -3.26. The predicted molar refractivity (Wildman–Crippen MR) is 138 cm³/mol. The Kier molecular flexibility index (Phi) is 13.1. The monoisotopic (exact) mass is 498 g/mol. The van der Waals surface area contributed by atoms with Crippen molar-refractivity contribution in [2.24, 2.45) is 0 Å². The minimum absolute atomic E-state index is 0.337. The van der Waals surface area contributed by atoms with Crippen LogP contribution in [0.4, 0.5) is 0 Å². The summed E-state index contributed by atoms with van der Waals surface area (Å²) in [6, 6.07) is 8.31. The number of rotatable bonds is 17. The molecule has 0 aliphatic carbocycles. The average Bonchev–Trinajstić information content (AvgIpc) is 2.76. The van der Waals surface area contributed by atoms with E-state index in [0.717, 1.165) is 26.2 Å². The van der Waals surface area contributed by atoms with Crippen LogP contribution in [0, 0.1) is 0 Å². The van der Waals surface area contributed by atoms with Crippen LogP contribution < -0.4 is 5.19 Å². The first kappa shape index (κ1) is 29.1. The van der Waals surface area contributed by atoms with Gasteiger partial charge in [-0.3, -0.25) is 0 Å². The van der Waals surface area contributed by atoms with Gasteiger partial charge in [-0.1, -0.05) is 42.6 Å². The van der Waals surface area contributed by atoms with Crippen LogP contribution in [0.25, 0.3) is 0 Å². The lowest BCUT2D eigenvalue weighted by atomic mass is 9.98. The standard InChI is InChI=1S/C23H42O6Si3/c1-9-24-31(25-10-2,26-11-3)19(7)23(21-17-15-16-18-22(21)30)20(8)32(27-12-4,28-13-5)29-14-6/h15-18,23H,7-14H2,1-6,30H3. The molecular formula is C23H42O6Si3. The zero-order valence-corrected chi connectivity index (χ0v) is 25.0. The molecule has 1 rings (SSSR count). The largest absolute Gasteiger partial charge is 0.533 e. The van der Waals surface area contributed by atoms with Crippen LogP contribution in [0.1, 0.15) is 53.0 Å². The lowest BCUT2D eigenvalue weighted by Crippen LogP contribution is -2.54. The summed E-state index contributed by atoms with van der Waals surface area (Å²) in [4.78, 5) is 0. The Hall–Kier alpha value is -0.889. The first-order valence-electron chi connectivity index (χ1n) is 11.6. The molecule has 6 nitrogen and oxygen atoms in total. The summed E-state index contributed by atoms with van der Waals surface area (Å²) in [5.41, 5.74) is 1.10. The topological polar surface area (TPSA) is 55.4 Å². The van der Waals surface area contributed by atoms with E-state index in [-0.39, 0.29) is 5.92 Å². The molecular weight excluding hydrogens is 457 g/mol. The third-order valence-electron chi connectivity index (χ3n) is 4.99. The van der Waals surface area contributed by atoms with E-state index in [0.29, 0.717) is 39.6 Å². The van der Waals surface area contributed by atoms with Gasteiger partial charge >= 0.3 is 17.6 Å². The third kappa shape index (κ3) is 6.81. The molecule has 0 spiro atoms. The first-order chi connectivity index (χ1) is 15.3. The van der Waals surface area contributed by atoms with Crippen LogP contribution in [0.15, 0.2) is 47.8 Å². The molecule has 0 aliphatic heterocycles. The van der Waals surface area contributed by atoms with Crippen LogP contribution in [0.5, 0.6) is 0 Å². The van der Waals surface area contributed by atoms with Gasteiger partial charge in [0.15, 0.2) is 0 Å². The molecule has 32 heavy (non-hydrogen) atoms. The fraction of sp³-hybridized carbons (Fsp3) is 0.565. The van der Waals surface area contributed by atoms with Gasteiger partial charge in [0.1, 0.15) is 0 Å². The molecule has 0 bridgehead atoms. The Morgan fingerprint density at radius 2 is 1.00 bits per heavy atom. The summed E-state index contributed by atoms with van der Waals surface area (Å²) in [5.74, 6) is -0.337. The van der Waals surface area contributed by atoms with Crippen molar-refractivity contribution in [3.8, 4) is 0 Å². The first-order valence-corrected chi connectivity index (χ1v) is 16.0. The highest BCUT2D eigenvalue weighted by atomic mass is 28.4. The smallest absolute Gasteiger partial charge is 0.370 e. The van der Waals surface area contributed by atoms with Gasteiger partial charge in [-0.25, -0.2) is 0 Å². The van der Waals surface area contributed by atoms with Crippen molar-refractivity contribution in [2.75, 3.05) is 39.6 Å². The quantitative estimate of drug-likeness (QED) is 0.308. The highest BCUT2D eigenvalue weighted by Gasteiger charge is 2.54. The van der Waals surface area contributed by atoms with Crippen LogP contribution in [-0.2, 0) is 26.6 Å². The molecule has 182 valence electrons.